The first kappa shape index (κ1) is 24.0. The summed E-state index contributed by atoms with van der Waals surface area (Å²) in [5.74, 6) is 1.98. The van der Waals surface area contributed by atoms with Crippen molar-refractivity contribution in [3.05, 3.63) is 29.2 Å². The quantitative estimate of drug-likeness (QED) is 0.537. The highest BCUT2D eigenvalue weighted by atomic mass is 16.5. The number of aryl methyl sites for hydroxylation is 1. The van der Waals surface area contributed by atoms with Crippen LogP contribution in [0.2, 0.25) is 0 Å². The van der Waals surface area contributed by atoms with Gasteiger partial charge >= 0.3 is 6.01 Å². The number of nitrogens with one attached hydrogen (secondary N) is 1. The molecule has 1 fully saturated rings. The SMILES string of the molecule is Cc1cc(OCCCC2CCN(c3nc(C(C)C)no3)CC2)ncc1C(=O)N[C@H](C)CO. The molecule has 2 aromatic rings. The van der Waals surface area contributed by atoms with Gasteiger partial charge in [0.05, 0.1) is 18.8 Å². The average Bonchev–Trinajstić information content (AvgIpc) is 3.28. The van der Waals surface area contributed by atoms with Gasteiger partial charge in [-0.25, -0.2) is 4.98 Å². The fourth-order valence-electron chi connectivity index (χ4n) is 3.75. The summed E-state index contributed by atoms with van der Waals surface area (Å²) < 4.78 is 11.2. The number of nitrogens with zero attached hydrogens (tertiary/aromatic N) is 4. The molecule has 176 valence electrons. The Hall–Kier alpha value is -2.68. The van der Waals surface area contributed by atoms with Crippen LogP contribution in [0, 0.1) is 12.8 Å². The number of hydrogen-bond acceptors (Lipinski definition) is 8. The van der Waals surface area contributed by atoms with Gasteiger partial charge in [-0.3, -0.25) is 4.79 Å². The highest BCUT2D eigenvalue weighted by Crippen LogP contribution is 2.26. The molecule has 0 bridgehead atoms. The Bertz CT molecular complexity index is 877. The Kier molecular flexibility index (Phi) is 8.44. The standard InChI is InChI=1S/C23H35N5O4/c1-15(2)21-26-23(32-27-21)28-9-7-18(8-10-28)6-5-11-31-20-12-16(3)19(13-24-20)22(30)25-17(4)14-29/h12-13,15,17-18,29H,5-11,14H2,1-4H3,(H,25,30)/t17-/m1/s1. The summed E-state index contributed by atoms with van der Waals surface area (Å²) in [7, 11) is 0. The van der Waals surface area contributed by atoms with Crippen molar-refractivity contribution in [2.24, 2.45) is 5.92 Å². The summed E-state index contributed by atoms with van der Waals surface area (Å²) in [5, 5.41) is 15.9. The van der Waals surface area contributed by atoms with Crippen molar-refractivity contribution in [1.29, 1.82) is 0 Å². The van der Waals surface area contributed by atoms with Crippen molar-refractivity contribution in [2.75, 3.05) is 31.2 Å². The summed E-state index contributed by atoms with van der Waals surface area (Å²) in [6.45, 7) is 10.1. The maximum absolute atomic E-state index is 12.2. The Balaban J connectivity index is 1.37. The number of carbonyl (C=O) groups is 1. The maximum Gasteiger partial charge on any atom is 0.324 e. The third-order valence-electron chi connectivity index (χ3n) is 5.82. The van der Waals surface area contributed by atoms with Gasteiger partial charge < -0.3 is 24.6 Å². The first-order chi connectivity index (χ1) is 15.4. The summed E-state index contributed by atoms with van der Waals surface area (Å²) in [5.41, 5.74) is 1.29. The van der Waals surface area contributed by atoms with E-state index in [4.69, 9.17) is 14.4 Å². The summed E-state index contributed by atoms with van der Waals surface area (Å²) >= 11 is 0. The van der Waals surface area contributed by atoms with E-state index in [1.165, 1.54) is 6.20 Å². The Morgan fingerprint density at radius 3 is 2.72 bits per heavy atom. The predicted molar refractivity (Wildman–Crippen MR) is 121 cm³/mol. The van der Waals surface area contributed by atoms with Gasteiger partial charge in [0.15, 0.2) is 5.82 Å². The van der Waals surface area contributed by atoms with E-state index in [2.05, 4.69) is 39.2 Å². The van der Waals surface area contributed by atoms with Crippen LogP contribution in [0.4, 0.5) is 6.01 Å². The minimum Gasteiger partial charge on any atom is -0.478 e. The molecule has 1 atom stereocenters. The van der Waals surface area contributed by atoms with Crippen LogP contribution >= 0.6 is 0 Å². The smallest absolute Gasteiger partial charge is 0.324 e. The number of anilines is 1. The zero-order valence-corrected chi connectivity index (χ0v) is 19.5. The molecular weight excluding hydrogens is 410 g/mol. The highest BCUT2D eigenvalue weighted by molar-refractivity contribution is 5.95. The summed E-state index contributed by atoms with van der Waals surface area (Å²) in [4.78, 5) is 23.1. The van der Waals surface area contributed by atoms with E-state index >= 15 is 0 Å². The second kappa shape index (κ2) is 11.3. The number of carbonyl (C=O) groups excluding carboxylic acids is 1. The van der Waals surface area contributed by atoms with Crippen LogP contribution in [-0.4, -0.2) is 58.5 Å². The second-order valence-electron chi connectivity index (χ2n) is 8.91. The summed E-state index contributed by atoms with van der Waals surface area (Å²) in [6, 6.07) is 2.13. The van der Waals surface area contributed by atoms with Crippen molar-refractivity contribution >= 4 is 11.9 Å². The van der Waals surface area contributed by atoms with Crippen LogP contribution in [0.3, 0.4) is 0 Å². The largest absolute Gasteiger partial charge is 0.478 e. The monoisotopic (exact) mass is 445 g/mol. The number of rotatable bonds is 10. The molecule has 1 amide bonds. The van der Waals surface area contributed by atoms with E-state index in [1.807, 2.05) is 6.92 Å². The van der Waals surface area contributed by atoms with Crippen LogP contribution < -0.4 is 15.0 Å². The maximum atomic E-state index is 12.2. The average molecular weight is 446 g/mol. The van der Waals surface area contributed by atoms with Gasteiger partial charge in [-0.2, -0.15) is 4.98 Å². The zero-order chi connectivity index (χ0) is 23.1. The first-order valence-corrected chi connectivity index (χ1v) is 11.5. The first-order valence-electron chi connectivity index (χ1n) is 11.5. The lowest BCUT2D eigenvalue weighted by Gasteiger charge is -2.30. The van der Waals surface area contributed by atoms with E-state index in [-0.39, 0.29) is 24.5 Å². The van der Waals surface area contributed by atoms with Gasteiger partial charge in [-0.15, -0.1) is 0 Å². The Labute approximate surface area is 189 Å². The molecule has 2 N–H and O–H groups in total. The number of amides is 1. The molecule has 0 aliphatic carbocycles. The van der Waals surface area contributed by atoms with E-state index < -0.39 is 0 Å². The van der Waals surface area contributed by atoms with Crippen LogP contribution in [0.1, 0.15) is 74.1 Å². The molecule has 3 heterocycles. The van der Waals surface area contributed by atoms with Gasteiger partial charge in [-0.05, 0) is 51.0 Å². The number of ether oxygens (including phenoxy) is 1. The van der Waals surface area contributed by atoms with Gasteiger partial charge in [0.25, 0.3) is 5.91 Å². The van der Waals surface area contributed by atoms with Crippen LogP contribution in [0.15, 0.2) is 16.8 Å². The minimum atomic E-state index is -0.297. The molecule has 9 nitrogen and oxygen atoms in total. The number of piperidine rings is 1. The van der Waals surface area contributed by atoms with E-state index in [0.717, 1.165) is 50.2 Å². The molecule has 0 spiro atoms. The van der Waals surface area contributed by atoms with Crippen molar-refractivity contribution < 1.29 is 19.2 Å². The van der Waals surface area contributed by atoms with E-state index in [0.29, 0.717) is 30.0 Å². The molecule has 3 rings (SSSR count). The number of aliphatic hydroxyl groups excluding tert-OH is 1. The summed E-state index contributed by atoms with van der Waals surface area (Å²) in [6.07, 6.45) is 5.80. The third-order valence-corrected chi connectivity index (χ3v) is 5.82. The van der Waals surface area contributed by atoms with Crippen LogP contribution in [0.25, 0.3) is 0 Å². The topological polar surface area (TPSA) is 114 Å². The minimum absolute atomic E-state index is 0.103. The number of hydrogen-bond donors (Lipinski definition) is 2. The Morgan fingerprint density at radius 1 is 1.34 bits per heavy atom. The van der Waals surface area contributed by atoms with Gasteiger partial charge in [0.1, 0.15) is 0 Å². The number of aromatic nitrogens is 3. The van der Waals surface area contributed by atoms with Crippen molar-refractivity contribution in [2.45, 2.75) is 65.3 Å². The molecule has 0 unspecified atom stereocenters. The van der Waals surface area contributed by atoms with Gasteiger partial charge in [0.2, 0.25) is 5.88 Å². The number of pyridine rings is 1. The molecule has 1 saturated heterocycles. The molecule has 2 aromatic heterocycles. The number of aliphatic hydroxyl groups is 1. The molecule has 1 aliphatic heterocycles. The lowest BCUT2D eigenvalue weighted by Crippen LogP contribution is -2.35. The molecule has 9 heteroatoms. The normalized spacial score (nSPS) is 15.8. The van der Waals surface area contributed by atoms with Gasteiger partial charge in [-0.1, -0.05) is 19.0 Å². The van der Waals surface area contributed by atoms with E-state index in [1.54, 1.807) is 13.0 Å². The Morgan fingerprint density at radius 2 is 2.09 bits per heavy atom. The predicted octanol–water partition coefficient (Wildman–Crippen LogP) is 3.08. The second-order valence-corrected chi connectivity index (χ2v) is 8.91. The molecule has 0 radical (unpaired) electrons. The fourth-order valence-corrected chi connectivity index (χ4v) is 3.75. The van der Waals surface area contributed by atoms with Crippen molar-refractivity contribution in [3.63, 3.8) is 0 Å². The van der Waals surface area contributed by atoms with Crippen LogP contribution in [-0.2, 0) is 0 Å². The van der Waals surface area contributed by atoms with Gasteiger partial charge in [0, 0.05) is 37.3 Å². The fraction of sp³-hybridized carbons (Fsp3) is 0.652. The van der Waals surface area contributed by atoms with Crippen LogP contribution in [0.5, 0.6) is 5.88 Å². The highest BCUT2D eigenvalue weighted by Gasteiger charge is 2.23. The molecule has 1 aliphatic rings. The third kappa shape index (κ3) is 6.41. The molecular formula is C23H35N5O4. The molecule has 0 saturated carbocycles. The zero-order valence-electron chi connectivity index (χ0n) is 19.5. The lowest BCUT2D eigenvalue weighted by molar-refractivity contribution is 0.0921. The molecule has 0 aromatic carbocycles. The molecule has 32 heavy (non-hydrogen) atoms. The lowest BCUT2D eigenvalue weighted by atomic mass is 9.92. The van der Waals surface area contributed by atoms with Crippen molar-refractivity contribution in [3.8, 4) is 5.88 Å². The van der Waals surface area contributed by atoms with E-state index in [9.17, 15) is 4.79 Å². The van der Waals surface area contributed by atoms with Crippen molar-refractivity contribution in [1.82, 2.24) is 20.4 Å².